The van der Waals surface area contributed by atoms with Gasteiger partial charge in [-0.1, -0.05) is 11.6 Å². The van der Waals surface area contributed by atoms with E-state index in [4.69, 9.17) is 0 Å². The molecule has 0 fully saturated rings. The predicted octanol–water partition coefficient (Wildman–Crippen LogP) is 1.70. The number of aromatic nitrogens is 3. The Hall–Kier alpha value is -2.54. The topological polar surface area (TPSA) is 92.8 Å². The van der Waals surface area contributed by atoms with Gasteiger partial charge in [0.15, 0.2) is 14.9 Å². The number of hydrogen-bond acceptors (Lipinski definition) is 5. The van der Waals surface area contributed by atoms with E-state index in [0.29, 0.717) is 22.3 Å². The molecule has 7 heteroatoms. The second-order valence-corrected chi connectivity index (χ2v) is 7.05. The van der Waals surface area contributed by atoms with Crippen molar-refractivity contribution in [1.29, 1.82) is 0 Å². The van der Waals surface area contributed by atoms with Gasteiger partial charge in [-0.2, -0.15) is 0 Å². The van der Waals surface area contributed by atoms with Crippen molar-refractivity contribution < 1.29 is 8.42 Å². The minimum atomic E-state index is -3.42. The molecule has 0 atom stereocenters. The Labute approximate surface area is 126 Å². The lowest BCUT2D eigenvalue weighted by molar-refractivity contribution is 0.598. The Morgan fingerprint density at radius 3 is 2.64 bits per heavy atom. The summed E-state index contributed by atoms with van der Waals surface area (Å²) in [4.78, 5) is 23.1. The molecule has 3 rings (SSSR count). The third kappa shape index (κ3) is 2.62. The second kappa shape index (κ2) is 5.03. The summed E-state index contributed by atoms with van der Waals surface area (Å²) in [6.45, 7) is 1.90. The highest BCUT2D eigenvalue weighted by Gasteiger charge is 2.12. The van der Waals surface area contributed by atoms with Crippen LogP contribution in [0.3, 0.4) is 0 Å². The van der Waals surface area contributed by atoms with E-state index in [0.717, 1.165) is 11.8 Å². The van der Waals surface area contributed by atoms with E-state index in [1.54, 1.807) is 18.2 Å². The molecule has 1 aromatic carbocycles. The Morgan fingerprint density at radius 1 is 1.14 bits per heavy atom. The molecule has 0 aliphatic carbocycles. The number of nitrogens with one attached hydrogen (secondary N) is 1. The smallest absolute Gasteiger partial charge is 0.259 e. The molecule has 0 saturated carbocycles. The first kappa shape index (κ1) is 14.4. The van der Waals surface area contributed by atoms with Gasteiger partial charge in [0.25, 0.3) is 5.56 Å². The highest BCUT2D eigenvalue weighted by molar-refractivity contribution is 7.90. The molecule has 0 aliphatic heterocycles. The molecule has 0 aliphatic rings. The van der Waals surface area contributed by atoms with Crippen molar-refractivity contribution in [3.63, 3.8) is 0 Å². The van der Waals surface area contributed by atoms with Crippen LogP contribution in [0.4, 0.5) is 0 Å². The number of hydrogen-bond donors (Lipinski definition) is 1. The van der Waals surface area contributed by atoms with Crippen molar-refractivity contribution >= 4 is 20.7 Å². The maximum atomic E-state index is 12.2. The van der Waals surface area contributed by atoms with Gasteiger partial charge in [-0.05, 0) is 31.2 Å². The molecule has 3 aromatic rings. The number of H-pyrrole nitrogens is 1. The molecule has 0 unspecified atom stereocenters. The molecule has 0 spiro atoms. The van der Waals surface area contributed by atoms with E-state index >= 15 is 0 Å². The van der Waals surface area contributed by atoms with E-state index in [2.05, 4.69) is 15.0 Å². The van der Waals surface area contributed by atoms with Gasteiger partial charge in [0.2, 0.25) is 0 Å². The molecular formula is C15H13N3O3S. The first-order valence-corrected chi connectivity index (χ1v) is 8.41. The van der Waals surface area contributed by atoms with Crippen molar-refractivity contribution in [2.24, 2.45) is 0 Å². The van der Waals surface area contributed by atoms with Crippen LogP contribution in [0.25, 0.3) is 22.3 Å². The molecule has 0 saturated heterocycles. The number of aromatic amines is 1. The zero-order valence-corrected chi connectivity index (χ0v) is 12.8. The second-order valence-electron chi connectivity index (χ2n) is 5.09. The zero-order chi connectivity index (χ0) is 15.9. The Balaban J connectivity index is 2.23. The highest BCUT2D eigenvalue weighted by atomic mass is 32.2. The SMILES string of the molecule is Cc1ccc2nc(-c3ccnc(S(C)(=O)=O)c3)[nH]c(=O)c2c1. The Bertz CT molecular complexity index is 1040. The van der Waals surface area contributed by atoms with Crippen LogP contribution in [0.2, 0.25) is 0 Å². The molecule has 0 amide bonds. The van der Waals surface area contributed by atoms with Crippen LogP contribution in [0, 0.1) is 6.92 Å². The molecule has 2 aromatic heterocycles. The van der Waals surface area contributed by atoms with Crippen molar-refractivity contribution in [2.75, 3.05) is 6.26 Å². The fourth-order valence-electron chi connectivity index (χ4n) is 2.15. The van der Waals surface area contributed by atoms with Crippen molar-refractivity contribution in [1.82, 2.24) is 15.0 Å². The fraction of sp³-hybridized carbons (Fsp3) is 0.133. The standard InChI is InChI=1S/C15H13N3O3S/c1-9-3-4-12-11(7-9)15(19)18-14(17-12)10-5-6-16-13(8-10)22(2,20)21/h3-8H,1-2H3,(H,17,18,19). The van der Waals surface area contributed by atoms with E-state index < -0.39 is 9.84 Å². The number of pyridine rings is 1. The number of nitrogens with zero attached hydrogens (tertiary/aromatic N) is 2. The van der Waals surface area contributed by atoms with Crippen molar-refractivity contribution in [3.05, 3.63) is 52.4 Å². The monoisotopic (exact) mass is 315 g/mol. The zero-order valence-electron chi connectivity index (χ0n) is 12.0. The van der Waals surface area contributed by atoms with Crippen LogP contribution < -0.4 is 5.56 Å². The molecule has 6 nitrogen and oxygen atoms in total. The van der Waals surface area contributed by atoms with Gasteiger partial charge in [0.05, 0.1) is 10.9 Å². The third-order valence-corrected chi connectivity index (χ3v) is 4.23. The van der Waals surface area contributed by atoms with Crippen LogP contribution in [0.1, 0.15) is 5.56 Å². The lowest BCUT2D eigenvalue weighted by Gasteiger charge is -2.05. The van der Waals surface area contributed by atoms with Crippen LogP contribution in [-0.4, -0.2) is 29.6 Å². The lowest BCUT2D eigenvalue weighted by atomic mass is 10.1. The number of benzene rings is 1. The number of rotatable bonds is 2. The predicted molar refractivity (Wildman–Crippen MR) is 83.4 cm³/mol. The maximum Gasteiger partial charge on any atom is 0.259 e. The fourth-order valence-corrected chi connectivity index (χ4v) is 2.74. The first-order valence-electron chi connectivity index (χ1n) is 6.52. The van der Waals surface area contributed by atoms with Gasteiger partial charge < -0.3 is 4.98 Å². The van der Waals surface area contributed by atoms with E-state index in [-0.39, 0.29) is 10.6 Å². The van der Waals surface area contributed by atoms with E-state index in [1.165, 1.54) is 12.3 Å². The van der Waals surface area contributed by atoms with Crippen molar-refractivity contribution in [3.8, 4) is 11.4 Å². The van der Waals surface area contributed by atoms with Gasteiger partial charge in [0, 0.05) is 18.0 Å². The average molecular weight is 315 g/mol. The Morgan fingerprint density at radius 2 is 1.91 bits per heavy atom. The summed E-state index contributed by atoms with van der Waals surface area (Å²) in [6.07, 6.45) is 2.46. The molecule has 2 heterocycles. The number of aryl methyl sites for hydroxylation is 1. The quantitative estimate of drug-likeness (QED) is 0.777. The molecule has 0 radical (unpaired) electrons. The summed E-state index contributed by atoms with van der Waals surface area (Å²) in [6, 6.07) is 8.40. The molecule has 112 valence electrons. The number of fused-ring (bicyclic) bond motifs is 1. The van der Waals surface area contributed by atoms with Gasteiger partial charge in [-0.25, -0.2) is 18.4 Å². The minimum Gasteiger partial charge on any atom is -0.306 e. The Kier molecular flexibility index (Phi) is 3.29. The third-order valence-electron chi connectivity index (χ3n) is 3.25. The highest BCUT2D eigenvalue weighted by Crippen LogP contribution is 2.19. The summed E-state index contributed by atoms with van der Waals surface area (Å²) in [7, 11) is -3.42. The van der Waals surface area contributed by atoms with Crippen LogP contribution in [0.5, 0.6) is 0 Å². The van der Waals surface area contributed by atoms with E-state index in [1.807, 2.05) is 13.0 Å². The molecule has 0 bridgehead atoms. The van der Waals surface area contributed by atoms with Crippen LogP contribution >= 0.6 is 0 Å². The maximum absolute atomic E-state index is 12.2. The summed E-state index contributed by atoms with van der Waals surface area (Å²) in [5, 5.41) is 0.442. The van der Waals surface area contributed by atoms with Crippen LogP contribution in [0.15, 0.2) is 46.3 Å². The van der Waals surface area contributed by atoms with E-state index in [9.17, 15) is 13.2 Å². The summed E-state index contributed by atoms with van der Waals surface area (Å²) >= 11 is 0. The summed E-state index contributed by atoms with van der Waals surface area (Å²) in [5.41, 5.74) is 1.76. The largest absolute Gasteiger partial charge is 0.306 e. The number of sulfone groups is 1. The summed E-state index contributed by atoms with van der Waals surface area (Å²) < 4.78 is 23.2. The van der Waals surface area contributed by atoms with Crippen molar-refractivity contribution in [2.45, 2.75) is 11.9 Å². The minimum absolute atomic E-state index is 0.0587. The van der Waals surface area contributed by atoms with Gasteiger partial charge in [-0.3, -0.25) is 4.79 Å². The molecule has 22 heavy (non-hydrogen) atoms. The normalized spacial score (nSPS) is 11.7. The average Bonchev–Trinajstić information content (AvgIpc) is 2.47. The first-order chi connectivity index (χ1) is 10.3. The van der Waals surface area contributed by atoms with Gasteiger partial charge >= 0.3 is 0 Å². The molecular weight excluding hydrogens is 302 g/mol. The lowest BCUT2D eigenvalue weighted by Crippen LogP contribution is -2.10. The summed E-state index contributed by atoms with van der Waals surface area (Å²) in [5.74, 6) is 0.314. The van der Waals surface area contributed by atoms with Gasteiger partial charge in [-0.15, -0.1) is 0 Å². The van der Waals surface area contributed by atoms with Crippen LogP contribution in [-0.2, 0) is 9.84 Å². The van der Waals surface area contributed by atoms with Gasteiger partial charge in [0.1, 0.15) is 5.82 Å². The molecule has 1 N–H and O–H groups in total.